The van der Waals surface area contributed by atoms with Crippen LogP contribution >= 0.6 is 23.4 Å². The van der Waals surface area contributed by atoms with Crippen molar-refractivity contribution in [2.75, 3.05) is 11.6 Å². The molecule has 1 heterocycles. The fourth-order valence-electron chi connectivity index (χ4n) is 0.815. The second-order valence-electron chi connectivity index (χ2n) is 3.06. The van der Waals surface area contributed by atoms with Crippen molar-refractivity contribution in [3.63, 3.8) is 0 Å². The molecule has 1 atom stereocenters. The van der Waals surface area contributed by atoms with Crippen molar-refractivity contribution < 1.29 is 0 Å². The Hall–Kier alpha value is -0.720. The number of pyridine rings is 1. The molecule has 0 fully saturated rings. The van der Waals surface area contributed by atoms with Crippen molar-refractivity contribution in [2.45, 2.75) is 11.8 Å². The predicted octanol–water partition coefficient (Wildman–Crippen LogP) is 2.92. The largest absolute Gasteiger partial charge is 0.244 e. The Labute approximate surface area is 93.3 Å². The Morgan fingerprint density at radius 1 is 1.64 bits per heavy atom. The molecule has 0 radical (unpaired) electrons. The molecule has 14 heavy (non-hydrogen) atoms. The third-order valence-electron chi connectivity index (χ3n) is 1.65. The van der Waals surface area contributed by atoms with Gasteiger partial charge in [0.25, 0.3) is 0 Å². The van der Waals surface area contributed by atoms with Crippen LogP contribution in [0.3, 0.4) is 0 Å². The molecule has 1 aromatic rings. The highest BCUT2D eigenvalue weighted by Gasteiger charge is 2.01. The molecular weight excluding hydrogens is 216 g/mol. The number of hydrogen-bond donors (Lipinski definition) is 0. The maximum absolute atomic E-state index is 8.55. The van der Waals surface area contributed by atoms with Crippen LogP contribution in [0.2, 0.25) is 0 Å². The molecular formula is C10H11ClN2S. The Bertz CT molecular complexity index is 318. The highest BCUT2D eigenvalue weighted by molar-refractivity contribution is 7.99. The zero-order valence-corrected chi connectivity index (χ0v) is 9.48. The number of alkyl halides is 1. The molecule has 0 saturated carbocycles. The van der Waals surface area contributed by atoms with Crippen molar-refractivity contribution in [1.82, 2.24) is 4.98 Å². The minimum atomic E-state index is 0.458. The van der Waals surface area contributed by atoms with E-state index in [1.165, 1.54) is 0 Å². The molecule has 2 nitrogen and oxygen atoms in total. The topological polar surface area (TPSA) is 36.7 Å². The first-order valence-corrected chi connectivity index (χ1v) is 5.83. The van der Waals surface area contributed by atoms with Gasteiger partial charge in [-0.25, -0.2) is 4.98 Å². The standard InChI is InChI=1S/C10H11ClN2S/c1-8(4-11)7-14-10-3-2-9(5-12)13-6-10/h2-3,6,8H,4,7H2,1H3. The van der Waals surface area contributed by atoms with E-state index >= 15 is 0 Å². The lowest BCUT2D eigenvalue weighted by molar-refractivity contribution is 0.759. The van der Waals surface area contributed by atoms with E-state index in [1.807, 2.05) is 12.1 Å². The van der Waals surface area contributed by atoms with E-state index in [-0.39, 0.29) is 0 Å². The number of rotatable bonds is 4. The van der Waals surface area contributed by atoms with E-state index in [0.29, 0.717) is 17.5 Å². The summed E-state index contributed by atoms with van der Waals surface area (Å²) >= 11 is 7.41. The zero-order chi connectivity index (χ0) is 10.4. The number of halogens is 1. The van der Waals surface area contributed by atoms with E-state index in [2.05, 4.69) is 11.9 Å². The molecule has 0 aliphatic carbocycles. The van der Waals surface area contributed by atoms with Gasteiger partial charge in [-0.2, -0.15) is 5.26 Å². The molecule has 0 spiro atoms. The van der Waals surface area contributed by atoms with Crippen LogP contribution in [-0.4, -0.2) is 16.6 Å². The minimum absolute atomic E-state index is 0.458. The summed E-state index contributed by atoms with van der Waals surface area (Å²) in [5, 5.41) is 8.55. The fourth-order valence-corrected chi connectivity index (χ4v) is 1.94. The molecule has 0 amide bonds. The monoisotopic (exact) mass is 226 g/mol. The van der Waals surface area contributed by atoms with Gasteiger partial charge in [0.05, 0.1) is 0 Å². The maximum atomic E-state index is 8.55. The van der Waals surface area contributed by atoms with Gasteiger partial charge >= 0.3 is 0 Å². The minimum Gasteiger partial charge on any atom is -0.244 e. The van der Waals surface area contributed by atoms with E-state index < -0.39 is 0 Å². The van der Waals surface area contributed by atoms with Gasteiger partial charge in [-0.3, -0.25) is 0 Å². The van der Waals surface area contributed by atoms with E-state index in [9.17, 15) is 0 Å². The third-order valence-corrected chi connectivity index (χ3v) is 3.49. The number of thioether (sulfide) groups is 1. The molecule has 1 unspecified atom stereocenters. The van der Waals surface area contributed by atoms with Crippen LogP contribution in [0, 0.1) is 17.2 Å². The lowest BCUT2D eigenvalue weighted by Crippen LogP contribution is -1.98. The van der Waals surface area contributed by atoms with Crippen molar-refractivity contribution in [3.05, 3.63) is 24.0 Å². The number of nitrogens with zero attached hydrogens (tertiary/aromatic N) is 2. The Balaban J connectivity index is 2.49. The first-order valence-electron chi connectivity index (χ1n) is 4.31. The van der Waals surface area contributed by atoms with Gasteiger partial charge in [0.2, 0.25) is 0 Å². The number of aromatic nitrogens is 1. The molecule has 0 aliphatic rings. The summed E-state index contributed by atoms with van der Waals surface area (Å²) in [5.74, 6) is 2.16. The van der Waals surface area contributed by atoms with Gasteiger partial charge in [-0.05, 0) is 18.1 Å². The maximum Gasteiger partial charge on any atom is 0.140 e. The van der Waals surface area contributed by atoms with Crippen LogP contribution in [0.25, 0.3) is 0 Å². The highest BCUT2D eigenvalue weighted by atomic mass is 35.5. The Kier molecular flexibility index (Phi) is 4.78. The smallest absolute Gasteiger partial charge is 0.140 e. The number of hydrogen-bond acceptors (Lipinski definition) is 3. The number of nitriles is 1. The first kappa shape index (κ1) is 11.4. The zero-order valence-electron chi connectivity index (χ0n) is 7.90. The highest BCUT2D eigenvalue weighted by Crippen LogP contribution is 2.20. The van der Waals surface area contributed by atoms with Crippen molar-refractivity contribution in [1.29, 1.82) is 5.26 Å². The van der Waals surface area contributed by atoms with Gasteiger partial charge in [-0.15, -0.1) is 23.4 Å². The van der Waals surface area contributed by atoms with Gasteiger partial charge in [0, 0.05) is 22.7 Å². The summed E-state index contributed by atoms with van der Waals surface area (Å²) < 4.78 is 0. The molecule has 4 heteroatoms. The Morgan fingerprint density at radius 3 is 2.93 bits per heavy atom. The summed E-state index contributed by atoms with van der Waals surface area (Å²) in [7, 11) is 0. The van der Waals surface area contributed by atoms with E-state index in [4.69, 9.17) is 16.9 Å². The van der Waals surface area contributed by atoms with Crippen LogP contribution in [0.15, 0.2) is 23.2 Å². The average Bonchev–Trinajstić information content (AvgIpc) is 2.26. The second kappa shape index (κ2) is 5.90. The predicted molar refractivity (Wildman–Crippen MR) is 59.6 cm³/mol. The van der Waals surface area contributed by atoms with Crippen molar-refractivity contribution >= 4 is 23.4 Å². The molecule has 1 aromatic heterocycles. The summed E-state index contributed by atoms with van der Waals surface area (Å²) in [6.07, 6.45) is 1.73. The van der Waals surface area contributed by atoms with Gasteiger partial charge < -0.3 is 0 Å². The first-order chi connectivity index (χ1) is 6.76. The SMILES string of the molecule is CC(CCl)CSc1ccc(C#N)nc1. The molecule has 74 valence electrons. The molecule has 0 aromatic carbocycles. The van der Waals surface area contributed by atoms with Gasteiger partial charge in [0.15, 0.2) is 0 Å². The van der Waals surface area contributed by atoms with Crippen molar-refractivity contribution in [3.8, 4) is 6.07 Å². The fraction of sp³-hybridized carbons (Fsp3) is 0.400. The molecule has 1 rings (SSSR count). The lowest BCUT2D eigenvalue weighted by Gasteiger charge is -2.05. The summed E-state index contributed by atoms with van der Waals surface area (Å²) in [6, 6.07) is 5.63. The molecule has 0 saturated heterocycles. The van der Waals surface area contributed by atoms with Crippen LogP contribution in [-0.2, 0) is 0 Å². The summed E-state index contributed by atoms with van der Waals surface area (Å²) in [4.78, 5) is 5.07. The van der Waals surface area contributed by atoms with Crippen molar-refractivity contribution in [2.24, 2.45) is 5.92 Å². The van der Waals surface area contributed by atoms with Crippen LogP contribution < -0.4 is 0 Å². The van der Waals surface area contributed by atoms with E-state index in [0.717, 1.165) is 10.6 Å². The average molecular weight is 227 g/mol. The van der Waals surface area contributed by atoms with E-state index in [1.54, 1.807) is 24.0 Å². The lowest BCUT2D eigenvalue weighted by atomic mass is 10.3. The molecule has 0 N–H and O–H groups in total. The molecule has 0 bridgehead atoms. The van der Waals surface area contributed by atoms with Crippen LogP contribution in [0.1, 0.15) is 12.6 Å². The quantitative estimate of drug-likeness (QED) is 0.585. The van der Waals surface area contributed by atoms with Gasteiger partial charge in [0.1, 0.15) is 11.8 Å². The van der Waals surface area contributed by atoms with Crippen LogP contribution in [0.5, 0.6) is 0 Å². The van der Waals surface area contributed by atoms with Crippen LogP contribution in [0.4, 0.5) is 0 Å². The van der Waals surface area contributed by atoms with Gasteiger partial charge in [-0.1, -0.05) is 6.92 Å². The summed E-state index contributed by atoms with van der Waals surface area (Å²) in [6.45, 7) is 2.11. The normalized spacial score (nSPS) is 12.1. The third kappa shape index (κ3) is 3.57. The summed E-state index contributed by atoms with van der Waals surface area (Å²) in [5.41, 5.74) is 0.458. The Morgan fingerprint density at radius 2 is 2.43 bits per heavy atom. The molecule has 0 aliphatic heterocycles. The second-order valence-corrected chi connectivity index (χ2v) is 4.46.